The Balaban J connectivity index is 0.000000589. The predicted octanol–water partition coefficient (Wildman–Crippen LogP) is 9.40. The Hall–Kier alpha value is 18.7. The second-order valence-electron chi connectivity index (χ2n) is 17.2. The molecule has 790 valence electrons. The summed E-state index contributed by atoms with van der Waals surface area (Å²) in [5, 5.41) is 5.20. The zero-order chi connectivity index (χ0) is 97.6. The van der Waals surface area contributed by atoms with Crippen LogP contribution >= 0.6 is 11.6 Å². The standard InChI is InChI=1S/C33H22ClNO.S103/c1-33(2)25-12-6-3-9-20(25)23-17-24-21-10-4-7-13-28(21)35(29(24)18-26(23)33)19-15-27(34)32-22-11-5-8-14-30(22)36-31(32)16-19;1-3-5-7-9-11-13-15-17-19-21-23-25-27-29-31-33-35-37-39-41-43-45-47-49-51-53-55-57-59-61-63-65-67-69-71-73-75-77-79-81-83-85-87-89-91-93-95-97-99-101-103-102-100-98-96-94-92-90-88-86-84-82-80-78-76-74-72-70-68-66-64-62-60-58-56-54-52-50-48-46-44-42-40-38-36-34-32-30-28-26-24-22-20-18-16-14-12-10-8-6-4-2/h3-18H,1-2H3;. The molecule has 8 rings (SSSR count). The smallest absolute Gasteiger partial charge is 0.139 e. The van der Waals surface area contributed by atoms with Crippen molar-refractivity contribution in [3.63, 3.8) is 0 Å². The van der Waals surface area contributed by atoms with Crippen LogP contribution in [0.1, 0.15) is 25.0 Å². The fourth-order valence-corrected chi connectivity index (χ4v) is 279. The molecule has 0 fully saturated rings. The minimum absolute atomic E-state index is 0.0677. The lowest BCUT2D eigenvalue weighted by Crippen LogP contribution is -2.14. The number of aromatic nitrogens is 1. The average Bonchev–Trinajstić information content (AvgIpc) is 1.55. The zero-order valence-electron chi connectivity index (χ0n) is 62.0. The van der Waals surface area contributed by atoms with Crippen LogP contribution in [0.25, 0.3) is 60.6 Å². The van der Waals surface area contributed by atoms with Gasteiger partial charge in [-0.15, -0.1) is 0 Å². The minimum Gasteiger partial charge on any atom is -0.456 e. The van der Waals surface area contributed by atoms with Crippen molar-refractivity contribution in [2.45, 2.75) is 19.3 Å². The molecule has 0 N–H and O–H groups in total. The van der Waals surface area contributed by atoms with Crippen molar-refractivity contribution in [1.29, 1.82) is 0 Å². The number of para-hydroxylation sites is 2. The predicted molar refractivity (Wildman–Crippen MR) is 909 cm³/mol. The van der Waals surface area contributed by atoms with E-state index in [0.29, 0.717) is 5.02 Å². The molecule has 5 aromatic carbocycles. The van der Waals surface area contributed by atoms with Gasteiger partial charge >= 0.3 is 0 Å². The van der Waals surface area contributed by atoms with E-state index in [9.17, 15) is 0 Å². The third-order valence-electron chi connectivity index (χ3n) is 10.8. The van der Waals surface area contributed by atoms with Gasteiger partial charge in [-0.1, -0.05) is 86.1 Å². The molecule has 7 aromatic rings. The monoisotopic (exact) mass is 3780 g/mol. The van der Waals surface area contributed by atoms with E-state index in [0.717, 1.165) is 33.1 Å². The quantitative estimate of drug-likeness (QED) is 0.163. The molecule has 0 saturated carbocycles. The lowest BCUT2D eigenvalue weighted by atomic mass is 9.82. The van der Waals surface area contributed by atoms with Gasteiger partial charge in [0.1, 0.15) is 11.2 Å². The molecule has 0 spiro atoms. The fraction of sp³-hybridized carbons (Fsp3) is 0.0909. The first kappa shape index (κ1) is 144. The molecule has 0 radical (unpaired) electrons. The maximum atomic E-state index is 6.93. The first-order chi connectivity index (χ1) is 68.9. The number of rotatable bonds is 1. The van der Waals surface area contributed by atoms with E-state index in [-0.39, 0.29) is 5.41 Å². The molecule has 1 aliphatic rings. The summed E-state index contributed by atoms with van der Waals surface area (Å²) in [6.07, 6.45) is 0. The third kappa shape index (κ3) is 74.9. The number of hydrogen-bond acceptors (Lipinski definition) is 3. The van der Waals surface area contributed by atoms with Crippen LogP contribution in [0.5, 0.6) is 0 Å². The molecule has 106 heteroatoms. The van der Waals surface area contributed by atoms with Crippen LogP contribution in [0.15, 0.2) is 101 Å². The van der Waals surface area contributed by atoms with Crippen LogP contribution < -0.4 is 0 Å². The maximum absolute atomic E-state index is 6.93. The van der Waals surface area contributed by atoms with E-state index < -0.39 is 0 Å². The highest BCUT2D eigenvalue weighted by molar-refractivity contribution is 8.88. The van der Waals surface area contributed by atoms with Crippen LogP contribution in [0.4, 0.5) is 0 Å². The van der Waals surface area contributed by atoms with Crippen LogP contribution in [-0.2, 0) is 925 Å². The van der Waals surface area contributed by atoms with E-state index in [4.69, 9.17) is 38.4 Å². The second-order valence-corrected chi connectivity index (χ2v) is 196. The largest absolute Gasteiger partial charge is 0.456 e. The molecular weight excluding hydrogens is 3760 g/mol. The summed E-state index contributed by atoms with van der Waals surface area (Å²) < 4.78 is 8.58. The van der Waals surface area contributed by atoms with Gasteiger partial charge in [0.15, 0.2) is 0 Å². The highest BCUT2D eigenvalue weighted by Crippen LogP contribution is 2.51. The summed E-state index contributed by atoms with van der Waals surface area (Å²) in [7, 11) is 183. The van der Waals surface area contributed by atoms with Gasteiger partial charge < -0.3 is 8.98 Å². The number of furan rings is 1. The van der Waals surface area contributed by atoms with Crippen molar-refractivity contribution in [1.82, 2.24) is 4.57 Å². The summed E-state index contributed by atoms with van der Waals surface area (Å²) in [6, 6.07) is 34.5. The number of nitrogens with zero attached hydrogens (tertiary/aromatic N) is 1. The Labute approximate surface area is 1100 Å². The molecule has 0 atom stereocenters. The molecule has 0 aliphatic heterocycles. The fourth-order valence-electron chi connectivity index (χ4n) is 7.48. The van der Waals surface area contributed by atoms with Crippen molar-refractivity contribution in [3.05, 3.63) is 113 Å². The molecule has 0 unspecified atom stereocenters. The SMILES string of the molecule is CC1(C)c2ccccc2-c2cc3c4ccccc4n(-c4cc(Cl)c5c(c4)oc4ccccc45)c3cc21.S=S=S=S=S=S=S=S=S=S=S=S=S=S=S=S=S=S=S=S=S=S=S=S=S=S=S=S=S=S=S=S=S=S=S=S=S=S=S=S=S=S=S=S=S=S=S=S=S=S=S=S=S=S=S=S=S=S=S=S=S=S=S=S=S=S=S=S=S=S=S=S=S=S=S=S=S=S=S=S=S=S=S=S=S=S=S=S=S=S=S=S=S=S=S=S=S=S=S=S=S=S=S. The molecule has 0 amide bonds. The van der Waals surface area contributed by atoms with Gasteiger partial charge in [0.2, 0.25) is 0 Å². The highest BCUT2D eigenvalue weighted by atomic mass is 35.5. The first-order valence-corrected chi connectivity index (χ1v) is 166. The summed E-state index contributed by atoms with van der Waals surface area (Å²) in [6.45, 7) is 4.65. The van der Waals surface area contributed by atoms with Gasteiger partial charge in [-0.05, 0) is 52.6 Å². The second kappa shape index (κ2) is 108. The highest BCUT2D eigenvalue weighted by Gasteiger charge is 2.36. The van der Waals surface area contributed by atoms with Crippen LogP contribution in [0.2, 0.25) is 5.02 Å². The van der Waals surface area contributed by atoms with Gasteiger partial charge in [0.25, 0.3) is 0 Å². The number of fused-ring (bicyclic) bond motifs is 9. The molecular formula is C33H22ClNOS103. The van der Waals surface area contributed by atoms with E-state index in [1.54, 1.807) is 107 Å². The van der Waals surface area contributed by atoms with E-state index >= 15 is 0 Å². The maximum Gasteiger partial charge on any atom is 0.139 e. The topological polar surface area (TPSA) is 18.1 Å². The molecule has 1 aliphatic carbocycles. The van der Waals surface area contributed by atoms with Crippen molar-refractivity contribution in [3.8, 4) is 16.8 Å². The van der Waals surface area contributed by atoms with Crippen LogP contribution in [-0.4, -0.2) is 4.57 Å². The van der Waals surface area contributed by atoms with Gasteiger partial charge in [0.05, 0.1) is 21.7 Å². The van der Waals surface area contributed by atoms with Crippen LogP contribution in [0.3, 0.4) is 0 Å². The summed E-state index contributed by atoms with van der Waals surface area (Å²) in [5.41, 5.74) is 10.3. The van der Waals surface area contributed by atoms with Gasteiger partial charge in [0, 0.05) is 952 Å². The van der Waals surface area contributed by atoms with Gasteiger partial charge in [-0.3, -0.25) is 0 Å². The van der Waals surface area contributed by atoms with Gasteiger partial charge in [-0.2, -0.15) is 0 Å². The summed E-state index contributed by atoms with van der Waals surface area (Å²) >= 11 is 16.6. The van der Waals surface area contributed by atoms with Crippen molar-refractivity contribution >= 4 is 975 Å². The Morgan fingerprint density at radius 1 is 0.201 bits per heavy atom. The first-order valence-electron chi connectivity index (χ1n) is 29.3. The number of benzene rings is 5. The van der Waals surface area contributed by atoms with Gasteiger partial charge in [-0.25, -0.2) is 0 Å². The normalized spacial score (nSPS) is 9.52. The minimum atomic E-state index is -0.0677. The molecule has 0 bridgehead atoms. The molecule has 2 nitrogen and oxygen atoms in total. The Kier molecular flexibility index (Phi) is 112. The molecule has 2 aromatic heterocycles. The van der Waals surface area contributed by atoms with E-state index in [2.05, 4.69) is 97.3 Å². The molecule has 2 heterocycles. The Morgan fingerprint density at radius 3 is 0.669 bits per heavy atom. The van der Waals surface area contributed by atoms with Crippen LogP contribution in [0, 0.1) is 0 Å². The van der Waals surface area contributed by atoms with E-state index in [1.165, 1.54) is 56.3 Å². The lowest BCUT2D eigenvalue weighted by molar-refractivity contribution is 0.661. The number of halogens is 1. The van der Waals surface area contributed by atoms with E-state index in [1.807, 2.05) is 791 Å². The Bertz CT molecular complexity index is 10900. The van der Waals surface area contributed by atoms with Crippen molar-refractivity contribution in [2.24, 2.45) is 0 Å². The third-order valence-corrected chi connectivity index (χ3v) is 233. The molecule has 0 saturated heterocycles. The zero-order valence-corrected chi connectivity index (χ0v) is 147. The lowest BCUT2D eigenvalue weighted by Gasteiger charge is -2.21. The Morgan fingerprint density at radius 2 is 0.417 bits per heavy atom. The summed E-state index contributed by atoms with van der Waals surface area (Å²) in [4.78, 5) is 0. The number of hydrogen-bond donors (Lipinski definition) is 0. The molecule has 139 heavy (non-hydrogen) atoms. The van der Waals surface area contributed by atoms with Crippen molar-refractivity contribution < 1.29 is 4.42 Å². The van der Waals surface area contributed by atoms with Crippen molar-refractivity contribution in [2.75, 3.05) is 0 Å². The average molecular weight is 3790 g/mol. The summed E-state index contributed by atoms with van der Waals surface area (Å²) in [5.74, 6) is 0.